The molecule has 0 fully saturated rings. The van der Waals surface area contributed by atoms with Gasteiger partial charge in [-0.1, -0.05) is 66.1 Å². The van der Waals surface area contributed by atoms with Crippen LogP contribution < -0.4 is 29.9 Å². The number of rotatable bonds is 14. The molecule has 0 heterocycles. The largest absolute Gasteiger partial charge is 0.497 e. The first-order valence-corrected chi connectivity index (χ1v) is 23.9. The van der Waals surface area contributed by atoms with Crippen molar-refractivity contribution in [3.05, 3.63) is 202 Å². The van der Waals surface area contributed by atoms with Crippen molar-refractivity contribution in [2.75, 3.05) is 14.2 Å². The fraction of sp³-hybridized carbons (Fsp3) is 0.127. The fourth-order valence-corrected chi connectivity index (χ4v) is 10.0. The van der Waals surface area contributed by atoms with Crippen molar-refractivity contribution in [3.8, 4) is 56.8 Å². The number of sulfone groups is 1. The molecule has 0 aliphatic heterocycles. The van der Waals surface area contributed by atoms with E-state index in [2.05, 4.69) is 0 Å². The Morgan fingerprint density at radius 2 is 0.818 bits per heavy atom. The number of aryl methyl sites for hydroxylation is 2. The van der Waals surface area contributed by atoms with Gasteiger partial charge in [0.1, 0.15) is 28.7 Å². The molecule has 0 radical (unpaired) electrons. The molecule has 8 aromatic rings. The topological polar surface area (TPSA) is 71.1 Å². The van der Waals surface area contributed by atoms with E-state index in [0.29, 0.717) is 63.8 Å². The standard InChI is InChI=1S/C55H35BF14O6S/c1-27-25-37(21-23-39(27)74-4)77(71,72)38-22-24-40(28(2)26-38)75-35-15-7-30(8-16-35)29-5-13-33(14-6-29)56-43-48(61)44(57)41(45(58)49(43)62)42-46(59)50(63)52(51(64)47(42)60)76-36-19-11-32(12-20-36)53(54(65,66)67,55(68,69)70)31-9-17-34(73-3)18-10-31/h5-26,56H,1-4H3. The van der Waals surface area contributed by atoms with Crippen LogP contribution in [0.5, 0.6) is 34.5 Å². The number of hydrogen-bond donors (Lipinski definition) is 0. The lowest BCUT2D eigenvalue weighted by Crippen LogP contribution is -2.54. The van der Waals surface area contributed by atoms with Crippen molar-refractivity contribution in [2.24, 2.45) is 0 Å². The Morgan fingerprint density at radius 3 is 1.23 bits per heavy atom. The minimum absolute atomic E-state index is 0.0435. The zero-order chi connectivity index (χ0) is 56.1. The third-order valence-corrected chi connectivity index (χ3v) is 14.3. The van der Waals surface area contributed by atoms with E-state index in [9.17, 15) is 34.8 Å². The maximum atomic E-state index is 15.7. The summed E-state index contributed by atoms with van der Waals surface area (Å²) in [5.41, 5.74) is -10.9. The second-order valence-corrected chi connectivity index (χ2v) is 19.2. The first-order valence-electron chi connectivity index (χ1n) is 22.4. The second-order valence-electron chi connectivity index (χ2n) is 17.2. The van der Waals surface area contributed by atoms with Gasteiger partial charge in [-0.3, -0.25) is 0 Å². The molecule has 0 aromatic heterocycles. The molecule has 0 aliphatic carbocycles. The lowest BCUT2D eigenvalue weighted by atomic mass is 9.63. The van der Waals surface area contributed by atoms with Gasteiger partial charge in [-0.15, -0.1) is 0 Å². The van der Waals surface area contributed by atoms with Crippen LogP contribution in [0, 0.1) is 60.4 Å². The molecule has 0 unspecified atom stereocenters. The second kappa shape index (κ2) is 20.8. The lowest BCUT2D eigenvalue weighted by Gasteiger charge is -2.38. The molecule has 0 saturated heterocycles. The van der Waals surface area contributed by atoms with Crippen molar-refractivity contribution in [2.45, 2.75) is 41.4 Å². The molecule has 0 saturated carbocycles. The monoisotopic (exact) mass is 1100 g/mol. The van der Waals surface area contributed by atoms with Gasteiger partial charge in [-0.05, 0) is 125 Å². The number of halogens is 14. The van der Waals surface area contributed by atoms with E-state index in [-0.39, 0.29) is 33.1 Å². The summed E-state index contributed by atoms with van der Waals surface area (Å²) in [5.74, 6) is -21.6. The molecule has 8 rings (SSSR count). The van der Waals surface area contributed by atoms with E-state index in [1.165, 1.54) is 61.7 Å². The summed E-state index contributed by atoms with van der Waals surface area (Å²) in [7, 11) is -2.15. The molecule has 22 heteroatoms. The van der Waals surface area contributed by atoms with Gasteiger partial charge in [0.05, 0.1) is 35.1 Å². The summed E-state index contributed by atoms with van der Waals surface area (Å²) in [5, 5.41) is 0. The van der Waals surface area contributed by atoms with Crippen molar-refractivity contribution in [1.82, 2.24) is 0 Å². The van der Waals surface area contributed by atoms with Crippen molar-refractivity contribution in [3.63, 3.8) is 0 Å². The van der Waals surface area contributed by atoms with Crippen LogP contribution in [-0.4, -0.2) is 42.3 Å². The molecule has 0 atom stereocenters. The number of alkyl halides is 6. The van der Waals surface area contributed by atoms with Crippen LogP contribution in [0.2, 0.25) is 0 Å². The van der Waals surface area contributed by atoms with E-state index in [0.717, 1.165) is 19.2 Å². The highest BCUT2D eigenvalue weighted by molar-refractivity contribution is 7.91. The zero-order valence-electron chi connectivity index (χ0n) is 40.1. The lowest BCUT2D eigenvalue weighted by molar-refractivity contribution is -0.288. The quantitative estimate of drug-likeness (QED) is 0.0614. The Balaban J connectivity index is 0.992. The van der Waals surface area contributed by atoms with Crippen LogP contribution in [0.15, 0.2) is 143 Å². The zero-order valence-corrected chi connectivity index (χ0v) is 40.9. The minimum atomic E-state index is -6.07. The average Bonchev–Trinajstić information content (AvgIpc) is 3.47. The molecule has 398 valence electrons. The molecule has 0 bridgehead atoms. The summed E-state index contributed by atoms with van der Waals surface area (Å²) >= 11 is 0. The molecular formula is C55H35BF14O6S. The average molecular weight is 1100 g/mol. The Hall–Kier alpha value is -8.01. The predicted octanol–water partition coefficient (Wildman–Crippen LogP) is 14.0. The summed E-state index contributed by atoms with van der Waals surface area (Å²) < 4.78 is 260. The minimum Gasteiger partial charge on any atom is -0.497 e. The maximum absolute atomic E-state index is 15.7. The Labute approximate surface area is 430 Å². The number of hydrogen-bond acceptors (Lipinski definition) is 6. The molecule has 77 heavy (non-hydrogen) atoms. The van der Waals surface area contributed by atoms with E-state index in [4.69, 9.17) is 18.9 Å². The Morgan fingerprint density at radius 1 is 0.429 bits per heavy atom. The van der Waals surface area contributed by atoms with Crippen molar-refractivity contribution in [1.29, 1.82) is 0 Å². The van der Waals surface area contributed by atoms with Gasteiger partial charge in [0.15, 0.2) is 42.2 Å². The van der Waals surface area contributed by atoms with Crippen LogP contribution in [0.1, 0.15) is 22.3 Å². The maximum Gasteiger partial charge on any atom is 0.411 e. The van der Waals surface area contributed by atoms with Crippen molar-refractivity contribution < 1.29 is 88.8 Å². The molecule has 6 nitrogen and oxygen atoms in total. The molecule has 8 aromatic carbocycles. The molecule has 0 N–H and O–H groups in total. The first kappa shape index (κ1) is 55.2. The Kier molecular flexibility index (Phi) is 15.0. The van der Waals surface area contributed by atoms with Gasteiger partial charge in [0, 0.05) is 0 Å². The number of benzene rings is 8. The predicted molar refractivity (Wildman–Crippen MR) is 257 cm³/mol. The summed E-state index contributed by atoms with van der Waals surface area (Å²) in [6.45, 7) is 3.39. The molecule has 0 spiro atoms. The van der Waals surface area contributed by atoms with E-state index in [1.807, 2.05) is 0 Å². The van der Waals surface area contributed by atoms with E-state index >= 15 is 35.1 Å². The third-order valence-electron chi connectivity index (χ3n) is 12.6. The van der Waals surface area contributed by atoms with Gasteiger partial charge in [-0.2, -0.15) is 35.1 Å². The third kappa shape index (κ3) is 10.0. The Bertz CT molecular complexity index is 3590. The fourth-order valence-electron chi connectivity index (χ4n) is 8.61. The van der Waals surface area contributed by atoms with E-state index < -0.39 is 121 Å². The van der Waals surface area contributed by atoms with Crippen LogP contribution in [0.25, 0.3) is 22.3 Å². The van der Waals surface area contributed by atoms with Gasteiger partial charge >= 0.3 is 12.4 Å². The van der Waals surface area contributed by atoms with Gasteiger partial charge in [0.25, 0.3) is 0 Å². The summed E-state index contributed by atoms with van der Waals surface area (Å²) in [6.07, 6.45) is -12.1. The number of ether oxygens (including phenoxy) is 4. The van der Waals surface area contributed by atoms with Crippen LogP contribution in [0.4, 0.5) is 61.5 Å². The highest BCUT2D eigenvalue weighted by Gasteiger charge is 2.72. The highest BCUT2D eigenvalue weighted by Crippen LogP contribution is 2.56. The van der Waals surface area contributed by atoms with Gasteiger partial charge < -0.3 is 18.9 Å². The van der Waals surface area contributed by atoms with Crippen LogP contribution in [0.3, 0.4) is 0 Å². The summed E-state index contributed by atoms with van der Waals surface area (Å²) in [4.78, 5) is 0.126. The normalized spacial score (nSPS) is 12.1. The van der Waals surface area contributed by atoms with E-state index in [1.54, 1.807) is 44.2 Å². The molecular weight excluding hydrogens is 1070 g/mol. The SMILES string of the molecule is COc1ccc(C(c2ccc(Oc3c(F)c(F)c(-c4c(F)c(F)c(Bc5ccc(-c6ccc(Oc7ccc(S(=O)(=O)c8ccc(OC)c(C)c8)cc7C)cc6)cc5)c(F)c4F)c(F)c3F)cc2)(C(F)(F)F)C(F)(F)F)cc1. The van der Waals surface area contributed by atoms with Gasteiger partial charge in [0.2, 0.25) is 32.6 Å². The summed E-state index contributed by atoms with van der Waals surface area (Å²) in [6, 6.07) is 24.9. The number of methoxy groups -OCH3 is 2. The molecule has 0 aliphatic rings. The molecule has 0 amide bonds. The van der Waals surface area contributed by atoms with Crippen molar-refractivity contribution >= 4 is 28.0 Å². The van der Waals surface area contributed by atoms with Crippen LogP contribution >= 0.6 is 0 Å². The van der Waals surface area contributed by atoms with Gasteiger partial charge in [-0.25, -0.2) is 34.8 Å². The van der Waals surface area contributed by atoms with Crippen LogP contribution in [-0.2, 0) is 15.3 Å². The smallest absolute Gasteiger partial charge is 0.411 e. The first-order chi connectivity index (χ1) is 36.2. The highest BCUT2D eigenvalue weighted by atomic mass is 32.2.